The Morgan fingerprint density at radius 2 is 1.63 bits per heavy atom. The highest BCUT2D eigenvalue weighted by molar-refractivity contribution is 5.79. The van der Waals surface area contributed by atoms with E-state index in [0.29, 0.717) is 32.0 Å². The van der Waals surface area contributed by atoms with Crippen LogP contribution in [0.4, 0.5) is 0 Å². The minimum absolute atomic E-state index is 0.0403. The molecule has 0 atom stereocenters. The molecule has 1 N–H and O–H groups in total. The Labute approximate surface area is 243 Å². The van der Waals surface area contributed by atoms with Crippen molar-refractivity contribution in [3.05, 3.63) is 120 Å². The molecule has 0 saturated carbocycles. The molecule has 0 aliphatic heterocycles. The van der Waals surface area contributed by atoms with Crippen LogP contribution in [0.3, 0.4) is 0 Å². The van der Waals surface area contributed by atoms with Crippen molar-refractivity contribution < 1.29 is 9.53 Å². The molecule has 1 amide bonds. The zero-order valence-electron chi connectivity index (χ0n) is 24.3. The van der Waals surface area contributed by atoms with E-state index in [1.165, 1.54) is 16.7 Å². The van der Waals surface area contributed by atoms with Crippen LogP contribution in [-0.2, 0) is 24.2 Å². The Kier molecular flexibility index (Phi) is 9.15. The first kappa shape index (κ1) is 28.2. The van der Waals surface area contributed by atoms with Gasteiger partial charge in [0.2, 0.25) is 5.91 Å². The standard InChI is InChI=1S/C36H39N3O2/c1-26(2)31-20-15-27(3)24-34(31)41-23-22-39-33-13-8-7-12-32(33)38-35(39)14-9-21-37-36(40)25-28-16-18-30(19-17-28)29-10-5-4-6-11-29/h4-8,10-13,15-20,24,26H,9,14,21-23,25H2,1-3H3,(H,37,40). The molecule has 0 aliphatic carbocycles. The van der Waals surface area contributed by atoms with Crippen molar-refractivity contribution in [1.82, 2.24) is 14.9 Å². The van der Waals surface area contributed by atoms with Crippen molar-refractivity contribution in [2.24, 2.45) is 0 Å². The molecule has 210 valence electrons. The van der Waals surface area contributed by atoms with E-state index in [9.17, 15) is 4.79 Å². The summed E-state index contributed by atoms with van der Waals surface area (Å²) >= 11 is 0. The lowest BCUT2D eigenvalue weighted by atomic mass is 10.0. The zero-order valence-corrected chi connectivity index (χ0v) is 24.3. The van der Waals surface area contributed by atoms with Gasteiger partial charge in [0.05, 0.1) is 24.0 Å². The zero-order chi connectivity index (χ0) is 28.6. The highest BCUT2D eigenvalue weighted by Gasteiger charge is 2.13. The Balaban J connectivity index is 1.15. The van der Waals surface area contributed by atoms with E-state index in [1.807, 2.05) is 36.4 Å². The van der Waals surface area contributed by atoms with Gasteiger partial charge in [0.15, 0.2) is 0 Å². The van der Waals surface area contributed by atoms with Gasteiger partial charge < -0.3 is 14.6 Å². The smallest absolute Gasteiger partial charge is 0.224 e. The average Bonchev–Trinajstić information content (AvgIpc) is 3.33. The molecule has 1 aromatic heterocycles. The van der Waals surface area contributed by atoms with Gasteiger partial charge in [0, 0.05) is 13.0 Å². The van der Waals surface area contributed by atoms with Gasteiger partial charge in [0.1, 0.15) is 18.2 Å². The number of hydrogen-bond acceptors (Lipinski definition) is 3. The number of carbonyl (C=O) groups is 1. The predicted octanol–water partition coefficient (Wildman–Crippen LogP) is 7.51. The average molecular weight is 546 g/mol. The number of carbonyl (C=O) groups excluding carboxylic acids is 1. The van der Waals surface area contributed by atoms with Crippen LogP contribution in [0.1, 0.15) is 48.7 Å². The summed E-state index contributed by atoms with van der Waals surface area (Å²) in [6.07, 6.45) is 1.98. The number of para-hydroxylation sites is 2. The van der Waals surface area contributed by atoms with Crippen molar-refractivity contribution in [3.8, 4) is 16.9 Å². The number of nitrogens with one attached hydrogen (secondary N) is 1. The van der Waals surface area contributed by atoms with Crippen molar-refractivity contribution in [2.45, 2.75) is 52.5 Å². The summed E-state index contributed by atoms with van der Waals surface area (Å²) in [5, 5.41) is 3.09. The van der Waals surface area contributed by atoms with Gasteiger partial charge in [-0.3, -0.25) is 4.79 Å². The second-order valence-corrected chi connectivity index (χ2v) is 10.9. The maximum absolute atomic E-state index is 12.6. The quantitative estimate of drug-likeness (QED) is 0.165. The number of aryl methyl sites for hydroxylation is 2. The van der Waals surface area contributed by atoms with Gasteiger partial charge in [-0.05, 0) is 65.3 Å². The summed E-state index contributed by atoms with van der Waals surface area (Å²) in [5.41, 5.74) is 7.88. The largest absolute Gasteiger partial charge is 0.491 e. The lowest BCUT2D eigenvalue weighted by molar-refractivity contribution is -0.120. The van der Waals surface area contributed by atoms with Gasteiger partial charge >= 0.3 is 0 Å². The summed E-state index contributed by atoms with van der Waals surface area (Å²) in [5.74, 6) is 2.43. The Bertz CT molecular complexity index is 1590. The van der Waals surface area contributed by atoms with E-state index < -0.39 is 0 Å². The predicted molar refractivity (Wildman–Crippen MR) is 167 cm³/mol. The Morgan fingerprint density at radius 3 is 2.41 bits per heavy atom. The second-order valence-electron chi connectivity index (χ2n) is 10.9. The molecule has 0 saturated heterocycles. The second kappa shape index (κ2) is 13.3. The summed E-state index contributed by atoms with van der Waals surface area (Å²) in [7, 11) is 0. The molecule has 5 aromatic rings. The Morgan fingerprint density at radius 1 is 0.902 bits per heavy atom. The third-order valence-electron chi connectivity index (χ3n) is 7.42. The summed E-state index contributed by atoms with van der Waals surface area (Å²) in [6, 6.07) is 33.2. The van der Waals surface area contributed by atoms with Crippen LogP contribution < -0.4 is 10.1 Å². The number of imidazole rings is 1. The van der Waals surface area contributed by atoms with E-state index in [2.05, 4.69) is 91.3 Å². The SMILES string of the molecule is Cc1ccc(C(C)C)c(OCCn2c(CCCNC(=O)Cc3ccc(-c4ccccc4)cc3)nc3ccccc32)c1. The van der Waals surface area contributed by atoms with Crippen molar-refractivity contribution in [2.75, 3.05) is 13.2 Å². The fraction of sp³-hybridized carbons (Fsp3) is 0.278. The molecule has 1 heterocycles. The molecule has 0 spiro atoms. The van der Waals surface area contributed by atoms with Crippen LogP contribution in [0.25, 0.3) is 22.2 Å². The van der Waals surface area contributed by atoms with Gasteiger partial charge in [-0.15, -0.1) is 0 Å². The third kappa shape index (κ3) is 7.23. The summed E-state index contributed by atoms with van der Waals surface area (Å²) < 4.78 is 8.56. The van der Waals surface area contributed by atoms with E-state index in [0.717, 1.165) is 46.6 Å². The normalized spacial score (nSPS) is 11.2. The molecular formula is C36H39N3O2. The fourth-order valence-electron chi connectivity index (χ4n) is 5.22. The highest BCUT2D eigenvalue weighted by Crippen LogP contribution is 2.28. The molecular weight excluding hydrogens is 506 g/mol. The van der Waals surface area contributed by atoms with E-state index in [-0.39, 0.29) is 5.91 Å². The molecule has 5 nitrogen and oxygen atoms in total. The first-order valence-electron chi connectivity index (χ1n) is 14.6. The molecule has 5 rings (SSSR count). The molecule has 5 heteroatoms. The highest BCUT2D eigenvalue weighted by atomic mass is 16.5. The minimum Gasteiger partial charge on any atom is -0.491 e. The number of fused-ring (bicyclic) bond motifs is 1. The molecule has 0 bridgehead atoms. The number of aromatic nitrogens is 2. The van der Waals surface area contributed by atoms with Gasteiger partial charge in [-0.2, -0.15) is 0 Å². The van der Waals surface area contributed by atoms with Crippen molar-refractivity contribution in [1.29, 1.82) is 0 Å². The topological polar surface area (TPSA) is 56.1 Å². The van der Waals surface area contributed by atoms with Gasteiger partial charge in [-0.25, -0.2) is 4.98 Å². The summed E-state index contributed by atoms with van der Waals surface area (Å²) in [4.78, 5) is 17.5. The first-order valence-corrected chi connectivity index (χ1v) is 14.6. The van der Waals surface area contributed by atoms with E-state index >= 15 is 0 Å². The first-order chi connectivity index (χ1) is 20.0. The lowest BCUT2D eigenvalue weighted by Gasteiger charge is -2.16. The number of amides is 1. The molecule has 0 fully saturated rings. The van der Waals surface area contributed by atoms with Crippen LogP contribution in [0, 0.1) is 6.92 Å². The van der Waals surface area contributed by atoms with Crippen LogP contribution in [-0.4, -0.2) is 28.6 Å². The maximum atomic E-state index is 12.6. The van der Waals surface area contributed by atoms with Crippen LogP contribution in [0.15, 0.2) is 97.1 Å². The monoisotopic (exact) mass is 545 g/mol. The van der Waals surface area contributed by atoms with Gasteiger partial charge in [-0.1, -0.05) is 92.7 Å². The molecule has 0 radical (unpaired) electrons. The fourth-order valence-corrected chi connectivity index (χ4v) is 5.22. The summed E-state index contributed by atoms with van der Waals surface area (Å²) in [6.45, 7) is 8.38. The van der Waals surface area contributed by atoms with Crippen molar-refractivity contribution >= 4 is 16.9 Å². The minimum atomic E-state index is 0.0403. The number of ether oxygens (including phenoxy) is 1. The Hall–Kier alpha value is -4.38. The molecule has 4 aromatic carbocycles. The molecule has 0 aliphatic rings. The number of benzene rings is 4. The van der Waals surface area contributed by atoms with E-state index in [1.54, 1.807) is 0 Å². The number of nitrogens with zero attached hydrogens (tertiary/aromatic N) is 2. The molecule has 41 heavy (non-hydrogen) atoms. The van der Waals surface area contributed by atoms with Crippen LogP contribution in [0.5, 0.6) is 5.75 Å². The van der Waals surface area contributed by atoms with Crippen LogP contribution in [0.2, 0.25) is 0 Å². The van der Waals surface area contributed by atoms with Crippen molar-refractivity contribution in [3.63, 3.8) is 0 Å². The number of hydrogen-bond donors (Lipinski definition) is 1. The number of rotatable bonds is 12. The lowest BCUT2D eigenvalue weighted by Crippen LogP contribution is -2.26. The molecule has 0 unspecified atom stereocenters. The maximum Gasteiger partial charge on any atom is 0.224 e. The van der Waals surface area contributed by atoms with Gasteiger partial charge in [0.25, 0.3) is 0 Å². The third-order valence-corrected chi connectivity index (χ3v) is 7.42. The van der Waals surface area contributed by atoms with E-state index in [4.69, 9.17) is 9.72 Å². The van der Waals surface area contributed by atoms with Crippen LogP contribution >= 0.6 is 0 Å².